The van der Waals surface area contributed by atoms with Gasteiger partial charge in [-0.1, -0.05) is 48.5 Å². The molecule has 2 aromatic carbocycles. The summed E-state index contributed by atoms with van der Waals surface area (Å²) in [6, 6.07) is 18.8. The van der Waals surface area contributed by atoms with Gasteiger partial charge < -0.3 is 14.8 Å². The Balaban J connectivity index is 1.56. The van der Waals surface area contributed by atoms with Crippen LogP contribution in [-0.2, 0) is 0 Å². The first-order valence-corrected chi connectivity index (χ1v) is 9.11. The van der Waals surface area contributed by atoms with Crippen molar-refractivity contribution in [2.75, 3.05) is 13.2 Å². The molecule has 0 saturated carbocycles. The lowest BCUT2D eigenvalue weighted by atomic mass is 10.1. The molecule has 0 atom stereocenters. The zero-order chi connectivity index (χ0) is 19.1. The Labute approximate surface area is 159 Å². The minimum Gasteiger partial charge on any atom is -0.491 e. The largest absolute Gasteiger partial charge is 0.491 e. The fourth-order valence-corrected chi connectivity index (χ4v) is 3.25. The first-order chi connectivity index (χ1) is 13.1. The average molecular weight is 389 g/mol. The number of rotatable bonds is 8. The lowest BCUT2D eigenvalue weighted by Gasteiger charge is -2.12. The molecular weight excluding hydrogens is 372 g/mol. The standard InChI is InChI=1S/C20H17F2NO3S/c21-20(22)26-17-10-13-27-18(17)19(24)23-11-12-25-16-9-5-4-8-15(16)14-6-2-1-3-7-14/h1-10,13,20H,11-12H2,(H,23,24). The quantitative estimate of drug-likeness (QED) is 0.562. The maximum Gasteiger partial charge on any atom is 0.387 e. The lowest BCUT2D eigenvalue weighted by molar-refractivity contribution is -0.0498. The second-order valence-electron chi connectivity index (χ2n) is 5.46. The van der Waals surface area contributed by atoms with E-state index in [-0.39, 0.29) is 23.8 Å². The summed E-state index contributed by atoms with van der Waals surface area (Å²) in [6.45, 7) is -2.50. The van der Waals surface area contributed by atoms with Gasteiger partial charge in [0.2, 0.25) is 0 Å². The van der Waals surface area contributed by atoms with E-state index >= 15 is 0 Å². The maximum absolute atomic E-state index is 12.3. The number of thiophene rings is 1. The van der Waals surface area contributed by atoms with Crippen molar-refractivity contribution in [2.24, 2.45) is 0 Å². The molecule has 0 aliphatic heterocycles. The summed E-state index contributed by atoms with van der Waals surface area (Å²) < 4.78 is 34.8. The maximum atomic E-state index is 12.3. The summed E-state index contributed by atoms with van der Waals surface area (Å²) in [6.07, 6.45) is 0. The van der Waals surface area contributed by atoms with Crippen molar-refractivity contribution < 1.29 is 23.0 Å². The third-order valence-electron chi connectivity index (χ3n) is 3.67. The van der Waals surface area contributed by atoms with Gasteiger partial charge in [-0.15, -0.1) is 11.3 Å². The summed E-state index contributed by atoms with van der Waals surface area (Å²) in [5, 5.41) is 4.18. The molecule has 0 spiro atoms. The third-order valence-corrected chi connectivity index (χ3v) is 4.56. The van der Waals surface area contributed by atoms with Gasteiger partial charge >= 0.3 is 6.61 Å². The predicted octanol–water partition coefficient (Wildman–Crippen LogP) is 4.83. The van der Waals surface area contributed by atoms with E-state index in [1.165, 1.54) is 11.4 Å². The van der Waals surface area contributed by atoms with Crippen LogP contribution < -0.4 is 14.8 Å². The normalized spacial score (nSPS) is 10.6. The molecule has 0 aliphatic rings. The van der Waals surface area contributed by atoms with Crippen molar-refractivity contribution in [1.82, 2.24) is 5.32 Å². The van der Waals surface area contributed by atoms with Crippen LogP contribution in [0.15, 0.2) is 66.0 Å². The summed E-state index contributed by atoms with van der Waals surface area (Å²) in [5.74, 6) is 0.110. The molecule has 0 radical (unpaired) electrons. The van der Waals surface area contributed by atoms with Crippen LogP contribution in [0.5, 0.6) is 11.5 Å². The minimum atomic E-state index is -2.97. The smallest absolute Gasteiger partial charge is 0.387 e. The summed E-state index contributed by atoms with van der Waals surface area (Å²) in [7, 11) is 0. The van der Waals surface area contributed by atoms with E-state index in [0.29, 0.717) is 5.75 Å². The van der Waals surface area contributed by atoms with Gasteiger partial charge in [-0.25, -0.2) is 0 Å². The molecule has 1 amide bonds. The molecule has 1 N–H and O–H groups in total. The van der Waals surface area contributed by atoms with Crippen molar-refractivity contribution in [3.8, 4) is 22.6 Å². The van der Waals surface area contributed by atoms with Gasteiger partial charge in [0.25, 0.3) is 5.91 Å². The molecule has 0 bridgehead atoms. The van der Waals surface area contributed by atoms with E-state index in [4.69, 9.17) is 4.74 Å². The van der Waals surface area contributed by atoms with E-state index in [0.717, 1.165) is 22.5 Å². The molecular formula is C20H17F2NO3S. The molecule has 0 aliphatic carbocycles. The Morgan fingerprint density at radius 1 is 1.00 bits per heavy atom. The van der Waals surface area contributed by atoms with Crippen LogP contribution in [0.2, 0.25) is 0 Å². The molecule has 27 heavy (non-hydrogen) atoms. The van der Waals surface area contributed by atoms with Gasteiger partial charge in [0, 0.05) is 5.56 Å². The van der Waals surface area contributed by atoms with Gasteiger partial charge in [0.15, 0.2) is 0 Å². The van der Waals surface area contributed by atoms with Gasteiger partial charge in [0.1, 0.15) is 23.0 Å². The number of para-hydroxylation sites is 1. The van der Waals surface area contributed by atoms with E-state index in [9.17, 15) is 13.6 Å². The van der Waals surface area contributed by atoms with E-state index in [2.05, 4.69) is 10.1 Å². The lowest BCUT2D eigenvalue weighted by Crippen LogP contribution is -2.28. The number of carbonyl (C=O) groups is 1. The van der Waals surface area contributed by atoms with Crippen LogP contribution in [0.4, 0.5) is 8.78 Å². The first-order valence-electron chi connectivity index (χ1n) is 8.23. The third kappa shape index (κ3) is 5.04. The van der Waals surface area contributed by atoms with Gasteiger partial charge in [0.05, 0.1) is 6.54 Å². The van der Waals surface area contributed by atoms with E-state index in [1.807, 2.05) is 54.6 Å². The first kappa shape index (κ1) is 18.8. The van der Waals surface area contributed by atoms with Crippen LogP contribution in [0.3, 0.4) is 0 Å². The van der Waals surface area contributed by atoms with Crippen molar-refractivity contribution in [3.05, 3.63) is 70.9 Å². The molecule has 140 valence electrons. The SMILES string of the molecule is O=C(NCCOc1ccccc1-c1ccccc1)c1sccc1OC(F)F. The predicted molar refractivity (Wildman–Crippen MR) is 101 cm³/mol. The number of amides is 1. The molecule has 4 nitrogen and oxygen atoms in total. The van der Waals surface area contributed by atoms with E-state index in [1.54, 1.807) is 0 Å². The second-order valence-corrected chi connectivity index (χ2v) is 6.38. The fraction of sp³-hybridized carbons (Fsp3) is 0.150. The Kier molecular flexibility index (Phi) is 6.38. The van der Waals surface area contributed by atoms with Gasteiger partial charge in [-0.3, -0.25) is 4.79 Å². The van der Waals surface area contributed by atoms with Gasteiger partial charge in [-0.2, -0.15) is 8.78 Å². The molecule has 0 unspecified atom stereocenters. The highest BCUT2D eigenvalue weighted by atomic mass is 32.1. The molecule has 7 heteroatoms. The van der Waals surface area contributed by atoms with Crippen molar-refractivity contribution in [3.63, 3.8) is 0 Å². The highest BCUT2D eigenvalue weighted by Gasteiger charge is 2.17. The zero-order valence-electron chi connectivity index (χ0n) is 14.2. The Morgan fingerprint density at radius 2 is 1.74 bits per heavy atom. The number of halogens is 2. The molecule has 1 heterocycles. The number of hydrogen-bond donors (Lipinski definition) is 1. The zero-order valence-corrected chi connectivity index (χ0v) is 15.0. The van der Waals surface area contributed by atoms with Crippen LogP contribution in [-0.4, -0.2) is 25.7 Å². The number of benzene rings is 2. The van der Waals surface area contributed by atoms with Crippen molar-refractivity contribution in [1.29, 1.82) is 0 Å². The van der Waals surface area contributed by atoms with Gasteiger partial charge in [-0.05, 0) is 23.1 Å². The monoisotopic (exact) mass is 389 g/mol. The molecule has 1 aromatic heterocycles. The number of hydrogen-bond acceptors (Lipinski definition) is 4. The molecule has 3 rings (SSSR count). The number of ether oxygens (including phenoxy) is 2. The van der Waals surface area contributed by atoms with Crippen LogP contribution in [0, 0.1) is 0 Å². The minimum absolute atomic E-state index is 0.111. The number of alkyl halides is 2. The fourth-order valence-electron chi connectivity index (χ4n) is 2.51. The summed E-state index contributed by atoms with van der Waals surface area (Å²) >= 11 is 1.04. The Bertz CT molecular complexity index is 884. The second kappa shape index (κ2) is 9.14. The summed E-state index contributed by atoms with van der Waals surface area (Å²) in [5.41, 5.74) is 1.99. The topological polar surface area (TPSA) is 47.6 Å². The number of nitrogens with one attached hydrogen (secondary N) is 1. The van der Waals surface area contributed by atoms with Crippen molar-refractivity contribution in [2.45, 2.75) is 6.61 Å². The van der Waals surface area contributed by atoms with Crippen LogP contribution >= 0.6 is 11.3 Å². The molecule has 0 saturated heterocycles. The highest BCUT2D eigenvalue weighted by Crippen LogP contribution is 2.29. The average Bonchev–Trinajstić information content (AvgIpc) is 3.13. The van der Waals surface area contributed by atoms with Crippen LogP contribution in [0.25, 0.3) is 11.1 Å². The highest BCUT2D eigenvalue weighted by molar-refractivity contribution is 7.12. The van der Waals surface area contributed by atoms with E-state index < -0.39 is 12.5 Å². The summed E-state index contributed by atoms with van der Waals surface area (Å²) in [4.78, 5) is 12.2. The Morgan fingerprint density at radius 3 is 2.52 bits per heavy atom. The molecule has 3 aromatic rings. The number of carbonyl (C=O) groups excluding carboxylic acids is 1. The van der Waals surface area contributed by atoms with Crippen LogP contribution in [0.1, 0.15) is 9.67 Å². The Hall–Kier alpha value is -2.93. The van der Waals surface area contributed by atoms with Crippen molar-refractivity contribution >= 4 is 17.2 Å². The molecule has 0 fully saturated rings.